The van der Waals surface area contributed by atoms with Gasteiger partial charge in [0.1, 0.15) is 48.6 Å². The van der Waals surface area contributed by atoms with E-state index in [0.717, 1.165) is 0 Å². The van der Waals surface area contributed by atoms with Crippen molar-refractivity contribution in [3.05, 3.63) is 77.9 Å². The molecule has 0 aliphatic rings. The third-order valence-electron chi connectivity index (χ3n) is 10.1. The first-order chi connectivity index (χ1) is 31.6. The number of carbonyl (C=O) groups is 8. The van der Waals surface area contributed by atoms with E-state index in [1.54, 1.807) is 56.3 Å². The number of esters is 1. The zero-order chi connectivity index (χ0) is 50.2. The maximum Gasteiger partial charge on any atom is 0.329 e. The van der Waals surface area contributed by atoms with Crippen molar-refractivity contribution >= 4 is 53.3 Å². The molecule has 16 N–H and O–H groups in total. The summed E-state index contributed by atoms with van der Waals surface area (Å²) in [4.78, 5) is 109. The minimum Gasteiger partial charge on any atom is -0.508 e. The first kappa shape index (κ1) is 56.1. The van der Waals surface area contributed by atoms with E-state index >= 15 is 0 Å². The van der Waals surface area contributed by atoms with E-state index in [1.807, 2.05) is 0 Å². The lowest BCUT2D eigenvalue weighted by molar-refractivity contribution is -0.149. The van der Waals surface area contributed by atoms with Crippen LogP contribution in [-0.4, -0.2) is 119 Å². The number of ether oxygens (including phenoxy) is 1. The van der Waals surface area contributed by atoms with Crippen LogP contribution in [0.2, 0.25) is 0 Å². The molecule has 67 heavy (non-hydrogen) atoms. The van der Waals surface area contributed by atoms with Crippen molar-refractivity contribution < 1.29 is 53.3 Å². The van der Waals surface area contributed by atoms with Gasteiger partial charge in [0.05, 0.1) is 6.04 Å². The summed E-state index contributed by atoms with van der Waals surface area (Å²) in [5.74, 6) is -7.02. The van der Waals surface area contributed by atoms with Crippen LogP contribution in [0.15, 0.2) is 71.7 Å². The summed E-state index contributed by atoms with van der Waals surface area (Å²) in [6.45, 7) is 10.3. The number of guanidine groups is 1. The number of carboxylic acid groups (broad SMARTS) is 1. The van der Waals surface area contributed by atoms with Crippen LogP contribution in [0.3, 0.4) is 0 Å². The number of rotatable bonds is 30. The number of carboxylic acids is 1. The second kappa shape index (κ2) is 28.8. The average molecular weight is 938 g/mol. The van der Waals surface area contributed by atoms with Gasteiger partial charge in [-0.2, -0.15) is 0 Å². The summed E-state index contributed by atoms with van der Waals surface area (Å²) in [6.07, 6.45) is -0.494. The average Bonchev–Trinajstić information content (AvgIpc) is 3.26. The minimum atomic E-state index is -1.45. The number of hydrogen-bond acceptors (Lipinski definition) is 13. The molecule has 2 aromatic carbocycles. The number of aromatic hydroxyl groups is 1. The van der Waals surface area contributed by atoms with Gasteiger partial charge >= 0.3 is 11.9 Å². The van der Waals surface area contributed by atoms with Gasteiger partial charge in [0.25, 0.3) is 0 Å². The molecular weight excluding hydrogens is 871 g/mol. The summed E-state index contributed by atoms with van der Waals surface area (Å²) in [7, 11) is 0. The summed E-state index contributed by atoms with van der Waals surface area (Å²) < 4.78 is 5.59. The molecule has 22 nitrogen and oxygen atoms in total. The van der Waals surface area contributed by atoms with E-state index < -0.39 is 96.1 Å². The number of amides is 6. The third-order valence-corrected chi connectivity index (χ3v) is 10.1. The van der Waals surface area contributed by atoms with Gasteiger partial charge in [-0.15, -0.1) is 0 Å². The van der Waals surface area contributed by atoms with Crippen LogP contribution in [0, 0.1) is 5.92 Å². The Morgan fingerprint density at radius 3 is 1.88 bits per heavy atom. The molecule has 0 saturated heterocycles. The zero-order valence-corrected chi connectivity index (χ0v) is 38.4. The van der Waals surface area contributed by atoms with Crippen molar-refractivity contribution in [2.45, 2.75) is 122 Å². The fourth-order valence-corrected chi connectivity index (χ4v) is 6.37. The number of phenols is 1. The molecule has 0 aliphatic heterocycles. The van der Waals surface area contributed by atoms with Gasteiger partial charge < -0.3 is 69.8 Å². The Kier molecular flexibility index (Phi) is 24.1. The summed E-state index contributed by atoms with van der Waals surface area (Å²) in [5, 5.41) is 35.1. The number of nitrogens with two attached hydrogens (primary N) is 4. The summed E-state index contributed by atoms with van der Waals surface area (Å²) >= 11 is 0. The molecule has 0 aromatic heterocycles. The number of carbonyl (C=O) groups excluding carboxylic acids is 7. The fraction of sp³-hybridized carbons (Fsp3) is 0.489. The molecule has 0 saturated carbocycles. The van der Waals surface area contributed by atoms with Crippen LogP contribution >= 0.6 is 0 Å². The van der Waals surface area contributed by atoms with Crippen molar-refractivity contribution in [2.24, 2.45) is 33.8 Å². The molecule has 7 unspecified atom stereocenters. The Bertz CT molecular complexity index is 2030. The van der Waals surface area contributed by atoms with Crippen molar-refractivity contribution in [2.75, 3.05) is 13.1 Å². The van der Waals surface area contributed by atoms with Crippen molar-refractivity contribution in [3.8, 4) is 5.75 Å². The minimum absolute atomic E-state index is 0.0289. The summed E-state index contributed by atoms with van der Waals surface area (Å²) in [5.41, 5.74) is 23.6. The van der Waals surface area contributed by atoms with Gasteiger partial charge in [0.15, 0.2) is 5.96 Å². The van der Waals surface area contributed by atoms with E-state index in [0.29, 0.717) is 17.5 Å². The van der Waals surface area contributed by atoms with E-state index in [-0.39, 0.29) is 75.0 Å². The Balaban J connectivity index is 2.35. The van der Waals surface area contributed by atoms with Crippen LogP contribution < -0.4 is 54.8 Å². The Hall–Kier alpha value is -7.07. The highest BCUT2D eigenvalue weighted by atomic mass is 16.5. The van der Waals surface area contributed by atoms with Gasteiger partial charge in [0.2, 0.25) is 35.4 Å². The quantitative estimate of drug-likeness (QED) is 0.0144. The van der Waals surface area contributed by atoms with Gasteiger partial charge in [-0.05, 0) is 81.7 Å². The van der Waals surface area contributed by atoms with E-state index in [4.69, 9.17) is 27.7 Å². The fourth-order valence-electron chi connectivity index (χ4n) is 6.37. The lowest BCUT2D eigenvalue weighted by atomic mass is 10.0. The SMILES string of the molecule is C=C(C)C(NCCC(NC(=O)C(Cc1ccc(O)cc1)NC(=O)C(N)CCCN=C(N)N)C(=O)OCc1ccccc1)C(=O)NC(CCC(=O)O)C(=O)NC(CC(C)C)C(=O)NC(C)C(N)=O. The topological polar surface area (TPSA) is 375 Å². The highest BCUT2D eigenvalue weighted by Crippen LogP contribution is 2.14. The second-order valence-electron chi connectivity index (χ2n) is 16.5. The second-order valence-corrected chi connectivity index (χ2v) is 16.5. The highest BCUT2D eigenvalue weighted by molar-refractivity contribution is 5.95. The van der Waals surface area contributed by atoms with Gasteiger partial charge in [-0.25, -0.2) is 4.79 Å². The number of aliphatic carboxylic acids is 1. The lowest BCUT2D eigenvalue weighted by Gasteiger charge is -2.27. The van der Waals surface area contributed by atoms with Crippen LogP contribution in [0.1, 0.15) is 77.3 Å². The number of nitrogens with zero attached hydrogens (tertiary/aromatic N) is 1. The molecule has 6 amide bonds. The Morgan fingerprint density at radius 1 is 0.716 bits per heavy atom. The molecular formula is C45H67N11O11. The van der Waals surface area contributed by atoms with Crippen molar-refractivity contribution in [3.63, 3.8) is 0 Å². The molecule has 2 aromatic rings. The molecule has 2 rings (SSSR count). The number of aliphatic imine (C=N–C) groups is 1. The number of nitrogens with one attached hydrogen (secondary N) is 6. The van der Waals surface area contributed by atoms with Crippen molar-refractivity contribution in [1.82, 2.24) is 31.9 Å². The monoisotopic (exact) mass is 938 g/mol. The van der Waals surface area contributed by atoms with Crippen LogP contribution in [-0.2, 0) is 56.1 Å². The Labute approximate surface area is 389 Å². The molecule has 0 bridgehead atoms. The van der Waals surface area contributed by atoms with Crippen molar-refractivity contribution in [1.29, 1.82) is 0 Å². The highest BCUT2D eigenvalue weighted by Gasteiger charge is 2.33. The van der Waals surface area contributed by atoms with Gasteiger partial charge in [-0.3, -0.25) is 38.6 Å². The predicted molar refractivity (Wildman–Crippen MR) is 248 cm³/mol. The smallest absolute Gasteiger partial charge is 0.329 e. The lowest BCUT2D eigenvalue weighted by Crippen LogP contribution is -2.58. The Morgan fingerprint density at radius 2 is 1.30 bits per heavy atom. The molecule has 368 valence electrons. The third kappa shape index (κ3) is 21.6. The van der Waals surface area contributed by atoms with E-state index in [9.17, 15) is 48.6 Å². The maximum atomic E-state index is 14.1. The van der Waals surface area contributed by atoms with E-state index in [2.05, 4.69) is 43.5 Å². The predicted octanol–water partition coefficient (Wildman–Crippen LogP) is -1.18. The molecule has 0 spiro atoms. The maximum absolute atomic E-state index is 14.1. The number of benzene rings is 2. The van der Waals surface area contributed by atoms with Gasteiger partial charge in [-0.1, -0.05) is 68.5 Å². The zero-order valence-electron chi connectivity index (χ0n) is 38.4. The normalized spacial score (nSPS) is 14.1. The standard InChI is InChI=1S/C45H67N11O11/c1-25(2)22-34(41(63)52-27(5)38(47)60)56-40(62)32(17-18-36(58)59)53-43(65)37(26(3)4)50-21-19-33(44(66)67-24-29-10-7-6-8-11-29)54-42(64)35(23-28-13-15-30(57)16-14-28)55-39(61)31(46)12-9-20-51-45(48)49/h6-8,10-11,13-16,25,27,31-35,37,50,57H,3,9,12,17-24,46H2,1-2,4-5H3,(H2,47,60)(H,52,63)(H,53,65)(H,54,64)(H,55,61)(H,56,62)(H,58,59)(H4,48,49,51). The molecule has 22 heteroatoms. The first-order valence-electron chi connectivity index (χ1n) is 21.8. The molecule has 0 heterocycles. The molecule has 0 fully saturated rings. The number of primary amides is 1. The number of hydrogen-bond donors (Lipinski definition) is 12. The first-order valence-corrected chi connectivity index (χ1v) is 21.8. The van der Waals surface area contributed by atoms with E-state index in [1.165, 1.54) is 26.0 Å². The molecule has 0 aliphatic carbocycles. The summed E-state index contributed by atoms with van der Waals surface area (Å²) in [6, 6.07) is 6.07. The number of phenolic OH excluding ortho intramolecular Hbond substituents is 1. The largest absolute Gasteiger partial charge is 0.508 e. The molecule has 7 atom stereocenters. The van der Waals surface area contributed by atoms with Crippen LogP contribution in [0.5, 0.6) is 5.75 Å². The van der Waals surface area contributed by atoms with Crippen LogP contribution in [0.25, 0.3) is 0 Å². The van der Waals surface area contributed by atoms with Crippen LogP contribution in [0.4, 0.5) is 0 Å². The van der Waals surface area contributed by atoms with Gasteiger partial charge in [0, 0.05) is 19.4 Å². The molecule has 0 radical (unpaired) electrons.